The number of piperazine rings is 1. The smallest absolute Gasteiger partial charge is 0.258 e. The Balaban J connectivity index is 1.44. The summed E-state index contributed by atoms with van der Waals surface area (Å²) in [6.45, 7) is 8.03. The lowest BCUT2D eigenvalue weighted by Crippen LogP contribution is -2.49. The number of halogens is 1. The molecule has 2 aliphatic rings. The van der Waals surface area contributed by atoms with E-state index >= 15 is 0 Å². The van der Waals surface area contributed by atoms with Gasteiger partial charge in [0.25, 0.3) is 5.91 Å². The Hall–Kier alpha value is -3.65. The van der Waals surface area contributed by atoms with E-state index in [1.165, 1.54) is 0 Å². The highest BCUT2D eigenvalue weighted by Gasteiger charge is 2.29. The Kier molecular flexibility index (Phi) is 7.79. The minimum Gasteiger partial charge on any atom is -0.354 e. The second kappa shape index (κ2) is 11.4. The van der Waals surface area contributed by atoms with Gasteiger partial charge in [0.05, 0.1) is 23.5 Å². The van der Waals surface area contributed by atoms with Crippen LogP contribution in [0.15, 0.2) is 72.8 Å². The van der Waals surface area contributed by atoms with Gasteiger partial charge in [0.15, 0.2) is 0 Å². The second-order valence-electron chi connectivity index (χ2n) is 9.82. The summed E-state index contributed by atoms with van der Waals surface area (Å²) in [6.07, 6.45) is 0. The first kappa shape index (κ1) is 26.0. The number of anilines is 3. The van der Waals surface area contributed by atoms with Crippen LogP contribution in [0.25, 0.3) is 11.3 Å². The van der Waals surface area contributed by atoms with Crippen molar-refractivity contribution >= 4 is 51.7 Å². The van der Waals surface area contributed by atoms with E-state index < -0.39 is 0 Å². The zero-order valence-corrected chi connectivity index (χ0v) is 22.4. The molecule has 2 heterocycles. The molecule has 0 spiro atoms. The lowest BCUT2D eigenvalue weighted by atomic mass is 10.00. The predicted molar refractivity (Wildman–Crippen MR) is 155 cm³/mol. The van der Waals surface area contributed by atoms with E-state index in [0.717, 1.165) is 48.7 Å². The molecule has 5 rings (SSSR count). The van der Waals surface area contributed by atoms with Crippen molar-refractivity contribution in [1.29, 1.82) is 0 Å². The van der Waals surface area contributed by atoms with Crippen molar-refractivity contribution in [2.75, 3.05) is 48.3 Å². The first-order valence-electron chi connectivity index (χ1n) is 12.9. The molecule has 1 saturated heterocycles. The molecule has 3 aromatic rings. The third kappa shape index (κ3) is 5.60. The maximum Gasteiger partial charge on any atom is 0.258 e. The fourth-order valence-corrected chi connectivity index (χ4v) is 5.17. The Morgan fingerprint density at radius 2 is 1.74 bits per heavy atom. The standard InChI is InChI=1S/C30H32ClN5O2/c1-20(2)36(27(37)19-35-16-14-32-15-17-35)24-11-9-23(10-12-24)33-29(21-6-4-3-5-7-21)28-25-13-8-22(31)18-26(25)34-30(28)38/h3-13,18,20,32-33H,14-17,19H2,1-2H3,(H,34,38)/b29-28-. The summed E-state index contributed by atoms with van der Waals surface area (Å²) in [5.41, 5.74) is 5.30. The third-order valence-corrected chi connectivity index (χ3v) is 7.04. The van der Waals surface area contributed by atoms with Gasteiger partial charge in [0.1, 0.15) is 0 Å². The summed E-state index contributed by atoms with van der Waals surface area (Å²) in [5, 5.41) is 10.3. The van der Waals surface area contributed by atoms with Crippen LogP contribution < -0.4 is 20.9 Å². The zero-order chi connectivity index (χ0) is 26.6. The average Bonchev–Trinajstić information content (AvgIpc) is 3.23. The number of benzene rings is 3. The van der Waals surface area contributed by atoms with Crippen molar-refractivity contribution in [3.05, 3.63) is 88.9 Å². The van der Waals surface area contributed by atoms with E-state index in [2.05, 4.69) is 20.9 Å². The molecule has 2 aliphatic heterocycles. The molecular formula is C30H32ClN5O2. The van der Waals surface area contributed by atoms with Crippen molar-refractivity contribution in [3.63, 3.8) is 0 Å². The topological polar surface area (TPSA) is 76.7 Å². The summed E-state index contributed by atoms with van der Waals surface area (Å²) >= 11 is 6.17. The SMILES string of the molecule is CC(C)N(C(=O)CN1CCNCC1)c1ccc(N/C(=C2\C(=O)Nc3cc(Cl)ccc32)c2ccccc2)cc1. The van der Waals surface area contributed by atoms with Crippen LogP contribution in [-0.4, -0.2) is 55.5 Å². The number of amides is 2. The van der Waals surface area contributed by atoms with Crippen LogP contribution >= 0.6 is 11.6 Å². The molecule has 8 heteroatoms. The number of hydrogen-bond acceptors (Lipinski definition) is 5. The molecule has 38 heavy (non-hydrogen) atoms. The molecule has 0 radical (unpaired) electrons. The number of carbonyl (C=O) groups excluding carboxylic acids is 2. The normalized spacial score (nSPS) is 16.7. The molecule has 3 N–H and O–H groups in total. The van der Waals surface area contributed by atoms with Crippen molar-refractivity contribution in [3.8, 4) is 0 Å². The molecule has 7 nitrogen and oxygen atoms in total. The van der Waals surface area contributed by atoms with Gasteiger partial charge in [-0.25, -0.2) is 0 Å². The van der Waals surface area contributed by atoms with Crippen LogP contribution in [0.2, 0.25) is 5.02 Å². The van der Waals surface area contributed by atoms with Gasteiger partial charge in [-0.2, -0.15) is 0 Å². The number of carbonyl (C=O) groups is 2. The third-order valence-electron chi connectivity index (χ3n) is 6.81. The van der Waals surface area contributed by atoms with Crippen LogP contribution in [-0.2, 0) is 9.59 Å². The van der Waals surface area contributed by atoms with Crippen LogP contribution in [0.3, 0.4) is 0 Å². The molecule has 0 bridgehead atoms. The molecule has 0 aromatic heterocycles. The summed E-state index contributed by atoms with van der Waals surface area (Å²) < 4.78 is 0. The number of fused-ring (bicyclic) bond motifs is 1. The Morgan fingerprint density at radius 1 is 1.03 bits per heavy atom. The van der Waals surface area contributed by atoms with E-state index in [1.54, 1.807) is 12.1 Å². The van der Waals surface area contributed by atoms with Crippen LogP contribution in [0.4, 0.5) is 17.1 Å². The monoisotopic (exact) mass is 529 g/mol. The van der Waals surface area contributed by atoms with Crippen molar-refractivity contribution in [2.45, 2.75) is 19.9 Å². The number of hydrogen-bond donors (Lipinski definition) is 3. The molecule has 0 aliphatic carbocycles. The molecule has 3 aromatic carbocycles. The zero-order valence-electron chi connectivity index (χ0n) is 21.6. The fourth-order valence-electron chi connectivity index (χ4n) is 4.99. The Labute approximate surface area is 228 Å². The summed E-state index contributed by atoms with van der Waals surface area (Å²) in [6, 6.07) is 23.0. The Bertz CT molecular complexity index is 1350. The average molecular weight is 530 g/mol. The minimum atomic E-state index is -0.185. The van der Waals surface area contributed by atoms with Crippen LogP contribution in [0.1, 0.15) is 25.0 Å². The molecule has 0 saturated carbocycles. The van der Waals surface area contributed by atoms with Gasteiger partial charge >= 0.3 is 0 Å². The van der Waals surface area contributed by atoms with Gasteiger partial charge in [-0.15, -0.1) is 0 Å². The molecule has 0 atom stereocenters. The predicted octanol–water partition coefficient (Wildman–Crippen LogP) is 4.92. The van der Waals surface area contributed by atoms with E-state index in [9.17, 15) is 9.59 Å². The molecule has 0 unspecified atom stereocenters. The van der Waals surface area contributed by atoms with E-state index in [-0.39, 0.29) is 17.9 Å². The first-order chi connectivity index (χ1) is 18.4. The van der Waals surface area contributed by atoms with Gasteiger partial charge in [-0.1, -0.05) is 48.0 Å². The lowest BCUT2D eigenvalue weighted by Gasteiger charge is -2.32. The van der Waals surface area contributed by atoms with Crippen molar-refractivity contribution in [1.82, 2.24) is 10.2 Å². The van der Waals surface area contributed by atoms with Crippen LogP contribution in [0, 0.1) is 0 Å². The minimum absolute atomic E-state index is 0.0248. The van der Waals surface area contributed by atoms with Gasteiger partial charge in [0.2, 0.25) is 5.91 Å². The van der Waals surface area contributed by atoms with Gasteiger partial charge in [-0.3, -0.25) is 14.5 Å². The summed E-state index contributed by atoms with van der Waals surface area (Å²) in [7, 11) is 0. The fraction of sp³-hybridized carbons (Fsp3) is 0.267. The molecular weight excluding hydrogens is 498 g/mol. The van der Waals surface area contributed by atoms with Gasteiger partial charge < -0.3 is 20.9 Å². The second-order valence-corrected chi connectivity index (χ2v) is 10.3. The van der Waals surface area contributed by atoms with Gasteiger partial charge in [-0.05, 0) is 55.8 Å². The summed E-state index contributed by atoms with van der Waals surface area (Å²) in [4.78, 5) is 30.4. The Morgan fingerprint density at radius 3 is 2.42 bits per heavy atom. The number of rotatable bonds is 7. The molecule has 196 valence electrons. The first-order valence-corrected chi connectivity index (χ1v) is 13.3. The number of nitrogens with zero attached hydrogens (tertiary/aromatic N) is 2. The number of nitrogens with one attached hydrogen (secondary N) is 3. The largest absolute Gasteiger partial charge is 0.354 e. The van der Waals surface area contributed by atoms with Crippen LogP contribution in [0.5, 0.6) is 0 Å². The van der Waals surface area contributed by atoms with Crippen molar-refractivity contribution in [2.24, 2.45) is 0 Å². The highest BCUT2D eigenvalue weighted by atomic mass is 35.5. The van der Waals surface area contributed by atoms with E-state index in [1.807, 2.05) is 79.4 Å². The highest BCUT2D eigenvalue weighted by molar-refractivity contribution is 6.38. The molecule has 2 amide bonds. The maximum atomic E-state index is 13.2. The lowest BCUT2D eigenvalue weighted by molar-refractivity contribution is -0.120. The maximum absolute atomic E-state index is 13.2. The molecule has 1 fully saturated rings. The van der Waals surface area contributed by atoms with E-state index in [0.29, 0.717) is 28.5 Å². The summed E-state index contributed by atoms with van der Waals surface area (Å²) in [5.74, 6) is -0.0951. The highest BCUT2D eigenvalue weighted by Crippen LogP contribution is 2.39. The van der Waals surface area contributed by atoms with Crippen molar-refractivity contribution < 1.29 is 9.59 Å². The van der Waals surface area contributed by atoms with Gasteiger partial charge in [0, 0.05) is 54.2 Å². The quantitative estimate of drug-likeness (QED) is 0.379. The van der Waals surface area contributed by atoms with E-state index in [4.69, 9.17) is 11.6 Å².